The van der Waals surface area contributed by atoms with Gasteiger partial charge in [-0.3, -0.25) is 9.59 Å². The Morgan fingerprint density at radius 2 is 1.75 bits per heavy atom. The van der Waals surface area contributed by atoms with Crippen molar-refractivity contribution < 1.29 is 9.59 Å². The molecule has 1 aliphatic rings. The lowest BCUT2D eigenvalue weighted by Gasteiger charge is -2.25. The van der Waals surface area contributed by atoms with Crippen LogP contribution in [-0.4, -0.2) is 42.9 Å². The minimum absolute atomic E-state index is 0. The fraction of sp³-hybridized carbons (Fsp3) is 0.667. The van der Waals surface area contributed by atoms with Gasteiger partial charge in [-0.25, -0.2) is 0 Å². The molecule has 5 nitrogen and oxygen atoms in total. The SMILES string of the molecule is Cl.NC(=O)C(=O)N1CCNCC1. The van der Waals surface area contributed by atoms with E-state index in [0.717, 1.165) is 13.1 Å². The van der Waals surface area contributed by atoms with Crippen LogP contribution in [0.5, 0.6) is 0 Å². The lowest BCUT2D eigenvalue weighted by Crippen LogP contribution is -2.50. The van der Waals surface area contributed by atoms with Gasteiger partial charge in [-0.1, -0.05) is 0 Å². The minimum atomic E-state index is -0.869. The maximum atomic E-state index is 10.9. The van der Waals surface area contributed by atoms with Gasteiger partial charge in [-0.05, 0) is 0 Å². The van der Waals surface area contributed by atoms with Crippen molar-refractivity contribution in [3.05, 3.63) is 0 Å². The van der Waals surface area contributed by atoms with E-state index in [4.69, 9.17) is 5.73 Å². The summed E-state index contributed by atoms with van der Waals surface area (Å²) in [5.74, 6) is -1.45. The molecule has 12 heavy (non-hydrogen) atoms. The van der Waals surface area contributed by atoms with Crippen molar-refractivity contribution in [3.8, 4) is 0 Å². The quantitative estimate of drug-likeness (QED) is 0.452. The number of piperazine rings is 1. The Morgan fingerprint density at radius 1 is 1.25 bits per heavy atom. The van der Waals surface area contributed by atoms with Gasteiger partial charge in [-0.2, -0.15) is 0 Å². The van der Waals surface area contributed by atoms with Gasteiger partial charge in [0.05, 0.1) is 0 Å². The number of hydrogen-bond acceptors (Lipinski definition) is 3. The molecule has 3 N–H and O–H groups in total. The Morgan fingerprint density at radius 3 is 2.17 bits per heavy atom. The largest absolute Gasteiger partial charge is 0.361 e. The molecule has 1 heterocycles. The first-order valence-corrected chi connectivity index (χ1v) is 3.51. The lowest BCUT2D eigenvalue weighted by molar-refractivity contribution is -0.144. The molecule has 0 atom stereocenters. The standard InChI is InChI=1S/C6H11N3O2.ClH/c7-5(10)6(11)9-3-1-8-2-4-9;/h8H,1-4H2,(H2,7,10);1H. The molecular formula is C6H12ClN3O2. The maximum Gasteiger partial charge on any atom is 0.311 e. The second kappa shape index (κ2) is 4.95. The second-order valence-electron chi connectivity index (χ2n) is 2.41. The predicted molar refractivity (Wildman–Crippen MR) is 45.9 cm³/mol. The molecule has 0 aromatic rings. The molecule has 0 spiro atoms. The van der Waals surface area contributed by atoms with Crippen LogP contribution in [0.3, 0.4) is 0 Å². The van der Waals surface area contributed by atoms with Crippen LogP contribution in [0.2, 0.25) is 0 Å². The van der Waals surface area contributed by atoms with Crippen molar-refractivity contribution in [2.75, 3.05) is 26.2 Å². The fourth-order valence-electron chi connectivity index (χ4n) is 1.02. The molecule has 0 bridgehead atoms. The van der Waals surface area contributed by atoms with Crippen molar-refractivity contribution in [2.24, 2.45) is 5.73 Å². The van der Waals surface area contributed by atoms with Crippen LogP contribution in [0, 0.1) is 0 Å². The molecule has 2 amide bonds. The molecule has 1 saturated heterocycles. The van der Waals surface area contributed by atoms with E-state index in [1.165, 1.54) is 4.90 Å². The molecule has 0 aromatic heterocycles. The van der Waals surface area contributed by atoms with Crippen LogP contribution >= 0.6 is 12.4 Å². The third kappa shape index (κ3) is 2.67. The van der Waals surface area contributed by atoms with Crippen LogP contribution in [-0.2, 0) is 9.59 Å². The highest BCUT2D eigenvalue weighted by molar-refractivity contribution is 6.34. The number of amides is 2. The summed E-state index contributed by atoms with van der Waals surface area (Å²) in [5.41, 5.74) is 4.82. The Balaban J connectivity index is 0.00000121. The van der Waals surface area contributed by atoms with E-state index in [0.29, 0.717) is 13.1 Å². The average Bonchev–Trinajstić information content (AvgIpc) is 2.05. The Labute approximate surface area is 76.7 Å². The van der Waals surface area contributed by atoms with Crippen molar-refractivity contribution in [1.82, 2.24) is 10.2 Å². The zero-order valence-electron chi connectivity index (χ0n) is 6.58. The van der Waals surface area contributed by atoms with Crippen LogP contribution in [0.15, 0.2) is 0 Å². The van der Waals surface area contributed by atoms with Gasteiger partial charge in [0.15, 0.2) is 0 Å². The number of rotatable bonds is 0. The van der Waals surface area contributed by atoms with Gasteiger partial charge in [-0.15, -0.1) is 12.4 Å². The molecule has 1 fully saturated rings. The molecule has 0 aliphatic carbocycles. The first-order valence-electron chi connectivity index (χ1n) is 3.51. The van der Waals surface area contributed by atoms with Gasteiger partial charge in [0.25, 0.3) is 0 Å². The Hall–Kier alpha value is -0.810. The summed E-state index contributed by atoms with van der Waals surface area (Å²) in [6.07, 6.45) is 0. The zero-order valence-corrected chi connectivity index (χ0v) is 7.39. The minimum Gasteiger partial charge on any atom is -0.361 e. The highest BCUT2D eigenvalue weighted by Gasteiger charge is 2.19. The average molecular weight is 194 g/mol. The third-order valence-electron chi connectivity index (χ3n) is 1.61. The Kier molecular flexibility index (Phi) is 4.61. The summed E-state index contributed by atoms with van der Waals surface area (Å²) in [6, 6.07) is 0. The number of halogens is 1. The molecule has 0 aromatic carbocycles. The van der Waals surface area contributed by atoms with Crippen molar-refractivity contribution in [3.63, 3.8) is 0 Å². The first kappa shape index (κ1) is 11.2. The molecule has 1 aliphatic heterocycles. The normalized spacial score (nSPS) is 16.5. The summed E-state index contributed by atoms with van der Waals surface area (Å²) in [6.45, 7) is 2.61. The predicted octanol–water partition coefficient (Wildman–Crippen LogP) is -1.67. The van der Waals surface area contributed by atoms with E-state index >= 15 is 0 Å². The summed E-state index contributed by atoms with van der Waals surface area (Å²) in [5, 5.41) is 3.06. The van der Waals surface area contributed by atoms with Crippen molar-refractivity contribution in [2.45, 2.75) is 0 Å². The highest BCUT2D eigenvalue weighted by atomic mass is 35.5. The van der Waals surface area contributed by atoms with Crippen molar-refractivity contribution in [1.29, 1.82) is 0 Å². The number of carbonyl (C=O) groups excluding carboxylic acids is 2. The number of nitrogens with one attached hydrogen (secondary N) is 1. The van der Waals surface area contributed by atoms with Crippen molar-refractivity contribution >= 4 is 24.2 Å². The van der Waals surface area contributed by atoms with E-state index in [9.17, 15) is 9.59 Å². The number of hydrogen-bond donors (Lipinski definition) is 2. The van der Waals surface area contributed by atoms with E-state index in [1.54, 1.807) is 0 Å². The number of nitrogens with zero attached hydrogens (tertiary/aromatic N) is 1. The number of carbonyl (C=O) groups is 2. The van der Waals surface area contributed by atoms with E-state index in [1.807, 2.05) is 0 Å². The van der Waals surface area contributed by atoms with E-state index in [-0.39, 0.29) is 12.4 Å². The molecule has 6 heteroatoms. The van der Waals surface area contributed by atoms with Gasteiger partial charge in [0, 0.05) is 26.2 Å². The number of primary amides is 1. The molecule has 0 radical (unpaired) electrons. The Bertz CT molecular complexity index is 180. The van der Waals surface area contributed by atoms with Gasteiger partial charge in [0.2, 0.25) is 0 Å². The van der Waals surface area contributed by atoms with Gasteiger partial charge < -0.3 is 16.0 Å². The first-order chi connectivity index (χ1) is 5.22. The van der Waals surface area contributed by atoms with Gasteiger partial charge in [0.1, 0.15) is 0 Å². The zero-order chi connectivity index (χ0) is 8.27. The highest BCUT2D eigenvalue weighted by Crippen LogP contribution is 1.91. The summed E-state index contributed by atoms with van der Waals surface area (Å²) in [7, 11) is 0. The molecule has 70 valence electrons. The monoisotopic (exact) mass is 193 g/mol. The summed E-state index contributed by atoms with van der Waals surface area (Å²) >= 11 is 0. The smallest absolute Gasteiger partial charge is 0.311 e. The molecular weight excluding hydrogens is 182 g/mol. The number of nitrogens with two attached hydrogens (primary N) is 1. The van der Waals surface area contributed by atoms with Gasteiger partial charge >= 0.3 is 11.8 Å². The molecule has 1 rings (SSSR count). The topological polar surface area (TPSA) is 75.4 Å². The fourth-order valence-corrected chi connectivity index (χ4v) is 1.02. The van der Waals surface area contributed by atoms with Crippen LogP contribution in [0.4, 0.5) is 0 Å². The van der Waals surface area contributed by atoms with Crippen LogP contribution in [0.25, 0.3) is 0 Å². The van der Waals surface area contributed by atoms with E-state index < -0.39 is 11.8 Å². The summed E-state index contributed by atoms with van der Waals surface area (Å²) < 4.78 is 0. The van der Waals surface area contributed by atoms with E-state index in [2.05, 4.69) is 5.32 Å². The van der Waals surface area contributed by atoms with Crippen LogP contribution in [0.1, 0.15) is 0 Å². The molecule has 0 unspecified atom stereocenters. The molecule has 0 saturated carbocycles. The third-order valence-corrected chi connectivity index (χ3v) is 1.61. The van der Waals surface area contributed by atoms with Crippen LogP contribution < -0.4 is 11.1 Å². The lowest BCUT2D eigenvalue weighted by atomic mass is 10.3. The summed E-state index contributed by atoms with van der Waals surface area (Å²) in [4.78, 5) is 22.8. The second-order valence-corrected chi connectivity index (χ2v) is 2.41. The maximum absolute atomic E-state index is 10.9.